The molecule has 1 aliphatic rings. The standard InChI is InChI=1S/C8H14N2O/c1-10(2)6-4-7-3-5-9-8(7)11/h4H,3,5-6H2,1-2H3,(H,9,11)/b7-4+/i1D3,2D3. The van der Waals surface area contributed by atoms with Crippen molar-refractivity contribution in [2.24, 2.45) is 0 Å². The van der Waals surface area contributed by atoms with Crippen LogP contribution in [0.4, 0.5) is 0 Å². The molecular formula is C8H14N2O. The fourth-order valence-electron chi connectivity index (χ4n) is 0.934. The number of nitrogens with zero attached hydrogens (tertiary/aromatic N) is 1. The highest BCUT2D eigenvalue weighted by Crippen LogP contribution is 2.06. The number of hydrogen-bond acceptors (Lipinski definition) is 2. The van der Waals surface area contributed by atoms with Crippen molar-refractivity contribution < 1.29 is 13.0 Å². The van der Waals surface area contributed by atoms with Gasteiger partial charge in [0.1, 0.15) is 0 Å². The molecule has 1 N–H and O–H groups in total. The quantitative estimate of drug-likeness (QED) is 0.576. The van der Waals surface area contributed by atoms with Gasteiger partial charge in [0.15, 0.2) is 0 Å². The van der Waals surface area contributed by atoms with Crippen LogP contribution in [0.2, 0.25) is 0 Å². The molecule has 0 spiro atoms. The molecule has 1 aliphatic heterocycles. The average Bonchev–Trinajstić information content (AvgIpc) is 2.47. The smallest absolute Gasteiger partial charge is 0.247 e. The van der Waals surface area contributed by atoms with Crippen molar-refractivity contribution in [3.05, 3.63) is 11.6 Å². The molecule has 3 heteroatoms. The van der Waals surface area contributed by atoms with Crippen molar-refractivity contribution >= 4 is 5.91 Å². The second kappa shape index (κ2) is 3.53. The minimum absolute atomic E-state index is 0.263. The lowest BCUT2D eigenvalue weighted by Gasteiger charge is -2.04. The van der Waals surface area contributed by atoms with E-state index in [9.17, 15) is 4.79 Å². The van der Waals surface area contributed by atoms with Gasteiger partial charge in [-0.15, -0.1) is 0 Å². The highest BCUT2D eigenvalue weighted by atomic mass is 16.1. The SMILES string of the molecule is [2H]C([2H])([2H])N(C/C=C1\CCNC1=O)C([2H])([2H])[2H]. The second-order valence-electron chi connectivity index (χ2n) is 2.35. The van der Waals surface area contributed by atoms with E-state index >= 15 is 0 Å². The van der Waals surface area contributed by atoms with E-state index < -0.39 is 14.0 Å². The third kappa shape index (κ3) is 2.35. The Labute approximate surface area is 75.5 Å². The lowest BCUT2D eigenvalue weighted by atomic mass is 10.2. The first-order valence-corrected chi connectivity index (χ1v) is 3.37. The van der Waals surface area contributed by atoms with Crippen LogP contribution in [-0.2, 0) is 4.79 Å². The summed E-state index contributed by atoms with van der Waals surface area (Å²) in [6, 6.07) is 0. The number of rotatable bonds is 2. The van der Waals surface area contributed by atoms with Gasteiger partial charge in [0.05, 0.1) is 0 Å². The molecule has 1 saturated heterocycles. The van der Waals surface area contributed by atoms with E-state index in [4.69, 9.17) is 8.22 Å². The van der Waals surface area contributed by atoms with Crippen molar-refractivity contribution in [1.82, 2.24) is 10.2 Å². The Kier molecular flexibility index (Phi) is 1.05. The summed E-state index contributed by atoms with van der Waals surface area (Å²) in [5.74, 6) is -0.263. The number of carbonyl (C=O) groups is 1. The third-order valence-corrected chi connectivity index (χ3v) is 1.49. The zero-order valence-electron chi connectivity index (χ0n) is 12.1. The molecule has 0 radical (unpaired) electrons. The summed E-state index contributed by atoms with van der Waals surface area (Å²) < 4.78 is 42.8. The second-order valence-corrected chi connectivity index (χ2v) is 2.35. The molecule has 11 heavy (non-hydrogen) atoms. The number of nitrogens with one attached hydrogen (secondary N) is 1. The number of amides is 1. The maximum absolute atomic E-state index is 11.2. The Balaban J connectivity index is 2.78. The van der Waals surface area contributed by atoms with Crippen LogP contribution in [0.5, 0.6) is 0 Å². The number of likely N-dealkylation sites (N-methyl/N-ethyl adjacent to an activating group) is 1. The van der Waals surface area contributed by atoms with E-state index in [1.807, 2.05) is 0 Å². The van der Waals surface area contributed by atoms with Crippen LogP contribution in [0.15, 0.2) is 11.6 Å². The Morgan fingerprint density at radius 3 is 3.18 bits per heavy atom. The van der Waals surface area contributed by atoms with Gasteiger partial charge in [-0.2, -0.15) is 0 Å². The summed E-state index contributed by atoms with van der Waals surface area (Å²) in [5, 5.41) is 2.56. The van der Waals surface area contributed by atoms with E-state index in [-0.39, 0.29) is 12.5 Å². The van der Waals surface area contributed by atoms with Crippen LogP contribution >= 0.6 is 0 Å². The summed E-state index contributed by atoms with van der Waals surface area (Å²) >= 11 is 0. The summed E-state index contributed by atoms with van der Waals surface area (Å²) in [6.07, 6.45) is 1.86. The average molecular weight is 160 g/mol. The summed E-state index contributed by atoms with van der Waals surface area (Å²) in [5.41, 5.74) is 0.434. The first-order chi connectivity index (χ1) is 7.62. The largest absolute Gasteiger partial charge is 0.352 e. The van der Waals surface area contributed by atoms with Gasteiger partial charge in [0.2, 0.25) is 5.91 Å². The highest BCUT2D eigenvalue weighted by Gasteiger charge is 2.14. The van der Waals surface area contributed by atoms with Crippen molar-refractivity contribution in [1.29, 1.82) is 0 Å². The Morgan fingerprint density at radius 2 is 2.64 bits per heavy atom. The van der Waals surface area contributed by atoms with Crippen LogP contribution in [-0.4, -0.2) is 37.8 Å². The van der Waals surface area contributed by atoms with Gasteiger partial charge in [0.25, 0.3) is 0 Å². The summed E-state index contributed by atoms with van der Waals surface area (Å²) in [4.78, 5) is 11.6. The Morgan fingerprint density at radius 1 is 1.82 bits per heavy atom. The van der Waals surface area contributed by atoms with E-state index in [1.165, 1.54) is 6.08 Å². The molecule has 0 atom stereocenters. The monoisotopic (exact) mass is 160 g/mol. The van der Waals surface area contributed by atoms with Gasteiger partial charge in [-0.3, -0.25) is 4.79 Å². The molecule has 1 heterocycles. The van der Waals surface area contributed by atoms with Gasteiger partial charge >= 0.3 is 0 Å². The molecular weight excluding hydrogens is 140 g/mol. The molecule has 1 fully saturated rings. The van der Waals surface area contributed by atoms with Gasteiger partial charge in [-0.25, -0.2) is 0 Å². The number of carbonyl (C=O) groups excluding carboxylic acids is 1. The van der Waals surface area contributed by atoms with E-state index in [0.29, 0.717) is 23.4 Å². The predicted molar refractivity (Wildman–Crippen MR) is 44.3 cm³/mol. The van der Waals surface area contributed by atoms with Crippen molar-refractivity contribution in [3.63, 3.8) is 0 Å². The molecule has 0 bridgehead atoms. The van der Waals surface area contributed by atoms with E-state index in [2.05, 4.69) is 5.32 Å². The van der Waals surface area contributed by atoms with Crippen LogP contribution < -0.4 is 5.32 Å². The van der Waals surface area contributed by atoms with Gasteiger partial charge < -0.3 is 10.2 Å². The molecule has 0 aromatic carbocycles. The third-order valence-electron chi connectivity index (χ3n) is 1.49. The fourth-order valence-corrected chi connectivity index (χ4v) is 0.934. The molecule has 0 aliphatic carbocycles. The van der Waals surface area contributed by atoms with Crippen molar-refractivity contribution in [2.45, 2.75) is 6.42 Å². The van der Waals surface area contributed by atoms with Gasteiger partial charge in [0, 0.05) is 26.9 Å². The molecule has 0 aromatic rings. The molecule has 0 aromatic heterocycles. The molecule has 0 unspecified atom stereocenters. The Hall–Kier alpha value is -0.830. The summed E-state index contributed by atoms with van der Waals surface area (Å²) in [6.45, 7) is -5.21. The van der Waals surface area contributed by atoms with Crippen LogP contribution in [0.25, 0.3) is 0 Å². The number of hydrogen-bond donors (Lipinski definition) is 1. The normalized spacial score (nSPS) is 31.7. The minimum atomic E-state index is -2.71. The molecule has 1 rings (SSSR count). The minimum Gasteiger partial charge on any atom is -0.352 e. The first-order valence-electron chi connectivity index (χ1n) is 6.37. The maximum Gasteiger partial charge on any atom is 0.247 e. The van der Waals surface area contributed by atoms with Crippen LogP contribution in [0.3, 0.4) is 0 Å². The van der Waals surface area contributed by atoms with Crippen LogP contribution in [0, 0.1) is 0 Å². The maximum atomic E-state index is 11.2. The molecule has 1 amide bonds. The molecule has 0 saturated carbocycles. The lowest BCUT2D eigenvalue weighted by molar-refractivity contribution is -0.116. The fraction of sp³-hybridized carbons (Fsp3) is 0.625. The van der Waals surface area contributed by atoms with E-state index in [1.54, 1.807) is 0 Å². The van der Waals surface area contributed by atoms with E-state index in [0.717, 1.165) is 0 Å². The van der Waals surface area contributed by atoms with Crippen molar-refractivity contribution in [3.8, 4) is 0 Å². The summed E-state index contributed by atoms with van der Waals surface area (Å²) in [7, 11) is 0. The zero-order chi connectivity index (χ0) is 13.3. The van der Waals surface area contributed by atoms with Gasteiger partial charge in [-0.1, -0.05) is 6.08 Å². The topological polar surface area (TPSA) is 32.3 Å². The van der Waals surface area contributed by atoms with Crippen molar-refractivity contribution in [2.75, 3.05) is 27.0 Å². The molecule has 62 valence electrons. The zero-order valence-corrected chi connectivity index (χ0v) is 6.05. The lowest BCUT2D eigenvalue weighted by Crippen LogP contribution is -2.16. The molecule has 3 nitrogen and oxygen atoms in total. The predicted octanol–water partition coefficient (Wildman–Crippen LogP) is -0.00570. The van der Waals surface area contributed by atoms with Gasteiger partial charge in [-0.05, 0) is 20.4 Å². The highest BCUT2D eigenvalue weighted by molar-refractivity contribution is 5.95. The van der Waals surface area contributed by atoms with Crippen LogP contribution in [0.1, 0.15) is 14.6 Å². The first kappa shape index (κ1) is 3.27. The Bertz CT molecular complexity index is 318.